The lowest BCUT2D eigenvalue weighted by atomic mass is 10.1. The molecule has 0 aliphatic rings. The van der Waals surface area contributed by atoms with Crippen LogP contribution in [-0.2, 0) is 0 Å². The Hall–Kier alpha value is -2.84. The Morgan fingerprint density at radius 2 is 1.79 bits per heavy atom. The minimum absolute atomic E-state index is 0.119. The molecule has 0 saturated heterocycles. The Bertz CT molecular complexity index is 994. The SMILES string of the molecule is O=C(Nc1ccc(OC(F)(F)Cl)cc1)c1cnc(Cl)c(-c2ccc(F)nc2)c1. The third-order valence-electron chi connectivity index (χ3n) is 3.49. The van der Waals surface area contributed by atoms with E-state index >= 15 is 0 Å². The van der Waals surface area contributed by atoms with E-state index in [1.165, 1.54) is 48.8 Å². The minimum atomic E-state index is -3.83. The summed E-state index contributed by atoms with van der Waals surface area (Å²) in [6.07, 6.45) is 2.54. The number of aromatic nitrogens is 2. The first kappa shape index (κ1) is 19.9. The van der Waals surface area contributed by atoms with Gasteiger partial charge in [-0.15, -0.1) is 8.78 Å². The first-order valence-electron chi connectivity index (χ1n) is 7.66. The van der Waals surface area contributed by atoms with Gasteiger partial charge >= 0.3 is 5.57 Å². The molecule has 2 aromatic heterocycles. The van der Waals surface area contributed by atoms with Gasteiger partial charge < -0.3 is 10.1 Å². The maximum atomic E-state index is 13.0. The van der Waals surface area contributed by atoms with E-state index in [1.54, 1.807) is 0 Å². The Kier molecular flexibility index (Phi) is 5.71. The second-order valence-corrected chi connectivity index (χ2v) is 6.26. The molecule has 0 bridgehead atoms. The van der Waals surface area contributed by atoms with Crippen molar-refractivity contribution in [3.8, 4) is 16.9 Å². The van der Waals surface area contributed by atoms with Gasteiger partial charge in [-0.05, 0) is 42.5 Å². The lowest BCUT2D eigenvalue weighted by molar-refractivity contribution is -0.0964. The molecule has 3 rings (SSSR count). The van der Waals surface area contributed by atoms with E-state index in [0.717, 1.165) is 6.07 Å². The Labute approximate surface area is 167 Å². The number of nitrogens with one attached hydrogen (secondary N) is 1. The van der Waals surface area contributed by atoms with E-state index in [2.05, 4.69) is 20.0 Å². The van der Waals surface area contributed by atoms with Gasteiger partial charge in [-0.3, -0.25) is 4.79 Å². The Morgan fingerprint density at radius 3 is 2.39 bits per heavy atom. The van der Waals surface area contributed by atoms with Crippen LogP contribution in [0.3, 0.4) is 0 Å². The predicted molar refractivity (Wildman–Crippen MR) is 98.3 cm³/mol. The Balaban J connectivity index is 1.77. The van der Waals surface area contributed by atoms with Crippen molar-refractivity contribution in [2.75, 3.05) is 5.32 Å². The fourth-order valence-corrected chi connectivity index (χ4v) is 2.55. The average molecular weight is 428 g/mol. The summed E-state index contributed by atoms with van der Waals surface area (Å²) in [5, 5.41) is 2.70. The van der Waals surface area contributed by atoms with Crippen LogP contribution in [0.2, 0.25) is 5.15 Å². The van der Waals surface area contributed by atoms with Crippen LogP contribution >= 0.6 is 23.2 Å². The van der Waals surface area contributed by atoms with Crippen LogP contribution in [0.4, 0.5) is 18.9 Å². The molecule has 0 unspecified atom stereocenters. The van der Waals surface area contributed by atoms with Gasteiger partial charge in [-0.25, -0.2) is 9.97 Å². The van der Waals surface area contributed by atoms with E-state index in [-0.39, 0.29) is 16.5 Å². The maximum Gasteiger partial charge on any atom is 0.487 e. The minimum Gasteiger partial charge on any atom is -0.420 e. The van der Waals surface area contributed by atoms with Gasteiger partial charge in [0.25, 0.3) is 5.91 Å². The van der Waals surface area contributed by atoms with Crippen LogP contribution in [0.1, 0.15) is 10.4 Å². The molecule has 144 valence electrons. The maximum absolute atomic E-state index is 13.0. The summed E-state index contributed by atoms with van der Waals surface area (Å²) in [6.45, 7) is 0. The molecule has 5 nitrogen and oxygen atoms in total. The monoisotopic (exact) mass is 427 g/mol. The van der Waals surface area contributed by atoms with Crippen molar-refractivity contribution in [2.45, 2.75) is 5.57 Å². The highest BCUT2D eigenvalue weighted by molar-refractivity contribution is 6.32. The first-order valence-corrected chi connectivity index (χ1v) is 8.41. The number of ether oxygens (including phenoxy) is 1. The van der Waals surface area contributed by atoms with Crippen molar-refractivity contribution in [1.82, 2.24) is 9.97 Å². The number of alkyl halides is 3. The first-order chi connectivity index (χ1) is 13.2. The van der Waals surface area contributed by atoms with E-state index in [9.17, 15) is 18.0 Å². The van der Waals surface area contributed by atoms with Gasteiger partial charge in [0.05, 0.1) is 5.56 Å². The predicted octanol–water partition coefficient (Wildman–Crippen LogP) is 5.36. The highest BCUT2D eigenvalue weighted by Gasteiger charge is 2.27. The van der Waals surface area contributed by atoms with E-state index in [0.29, 0.717) is 16.8 Å². The molecule has 28 heavy (non-hydrogen) atoms. The summed E-state index contributed by atoms with van der Waals surface area (Å²) in [5.41, 5.74) is -2.44. The van der Waals surface area contributed by atoms with Crippen molar-refractivity contribution < 1.29 is 22.7 Å². The largest absolute Gasteiger partial charge is 0.487 e. The number of nitrogens with zero attached hydrogens (tertiary/aromatic N) is 2. The molecule has 0 saturated carbocycles. The molecule has 0 fully saturated rings. The summed E-state index contributed by atoms with van der Waals surface area (Å²) in [5.74, 6) is -1.34. The standard InChI is InChI=1S/C18H10Cl2F3N3O2/c19-16-14(10-1-6-15(21)24-8-10)7-11(9-25-16)17(27)26-12-2-4-13(5-3-12)28-18(20,22)23/h1-9H,(H,26,27). The molecule has 0 spiro atoms. The average Bonchev–Trinajstić information content (AvgIpc) is 2.63. The van der Waals surface area contributed by atoms with Crippen LogP contribution in [0.25, 0.3) is 11.1 Å². The third kappa shape index (κ3) is 5.11. The zero-order valence-corrected chi connectivity index (χ0v) is 15.3. The molecule has 2 heterocycles. The van der Waals surface area contributed by atoms with Crippen molar-refractivity contribution in [3.05, 3.63) is 71.5 Å². The molecule has 1 N–H and O–H groups in total. The lowest BCUT2D eigenvalue weighted by Crippen LogP contribution is -2.16. The third-order valence-corrected chi connectivity index (χ3v) is 3.86. The summed E-state index contributed by atoms with van der Waals surface area (Å²) in [6, 6.07) is 9.27. The lowest BCUT2D eigenvalue weighted by Gasteiger charge is -2.11. The van der Waals surface area contributed by atoms with Gasteiger partial charge in [0.15, 0.2) is 0 Å². The fraction of sp³-hybridized carbons (Fsp3) is 0.0556. The number of hydrogen-bond donors (Lipinski definition) is 1. The van der Waals surface area contributed by atoms with E-state index < -0.39 is 17.4 Å². The number of pyridine rings is 2. The highest BCUT2D eigenvalue weighted by atomic mass is 35.5. The van der Waals surface area contributed by atoms with Gasteiger partial charge in [0, 0.05) is 40.8 Å². The summed E-state index contributed by atoms with van der Waals surface area (Å²) in [4.78, 5) is 19.9. The van der Waals surface area contributed by atoms with Crippen molar-refractivity contribution in [3.63, 3.8) is 0 Å². The number of halogens is 5. The van der Waals surface area contributed by atoms with Crippen LogP contribution in [0.15, 0.2) is 54.9 Å². The number of carbonyl (C=O) groups excluding carboxylic acids is 1. The summed E-state index contributed by atoms with van der Waals surface area (Å²) in [7, 11) is 0. The molecule has 3 aromatic rings. The summed E-state index contributed by atoms with van der Waals surface area (Å²) < 4.78 is 42.4. The molecular formula is C18H10Cl2F3N3O2. The number of benzene rings is 1. The Morgan fingerprint density at radius 1 is 1.07 bits per heavy atom. The molecule has 0 aliphatic heterocycles. The normalized spacial score (nSPS) is 11.2. The van der Waals surface area contributed by atoms with Gasteiger partial charge in [0.1, 0.15) is 10.9 Å². The smallest absolute Gasteiger partial charge is 0.420 e. The summed E-state index contributed by atoms with van der Waals surface area (Å²) >= 11 is 10.7. The number of rotatable bonds is 5. The number of anilines is 1. The van der Waals surface area contributed by atoms with Gasteiger partial charge in [-0.1, -0.05) is 11.6 Å². The molecule has 0 radical (unpaired) electrons. The second kappa shape index (κ2) is 8.04. The van der Waals surface area contributed by atoms with Crippen LogP contribution in [0, 0.1) is 5.95 Å². The highest BCUT2D eigenvalue weighted by Crippen LogP contribution is 2.28. The van der Waals surface area contributed by atoms with E-state index in [4.69, 9.17) is 23.2 Å². The van der Waals surface area contributed by atoms with Crippen molar-refractivity contribution in [2.24, 2.45) is 0 Å². The van der Waals surface area contributed by atoms with E-state index in [1.807, 2.05) is 0 Å². The van der Waals surface area contributed by atoms with Crippen molar-refractivity contribution in [1.29, 1.82) is 0 Å². The fourth-order valence-electron chi connectivity index (χ4n) is 2.25. The van der Waals surface area contributed by atoms with Crippen molar-refractivity contribution >= 4 is 34.8 Å². The quantitative estimate of drug-likeness (QED) is 0.439. The van der Waals surface area contributed by atoms with Crippen LogP contribution in [-0.4, -0.2) is 21.4 Å². The molecule has 10 heteroatoms. The van der Waals surface area contributed by atoms with Gasteiger partial charge in [-0.2, -0.15) is 4.39 Å². The molecule has 1 amide bonds. The van der Waals surface area contributed by atoms with Crippen LogP contribution in [0.5, 0.6) is 5.75 Å². The number of hydrogen-bond acceptors (Lipinski definition) is 4. The molecular weight excluding hydrogens is 418 g/mol. The number of amides is 1. The topological polar surface area (TPSA) is 64.1 Å². The number of carbonyl (C=O) groups is 1. The molecule has 0 aliphatic carbocycles. The molecule has 0 atom stereocenters. The molecule has 1 aromatic carbocycles. The van der Waals surface area contributed by atoms with Crippen LogP contribution < -0.4 is 10.1 Å². The van der Waals surface area contributed by atoms with Gasteiger partial charge in [0.2, 0.25) is 5.95 Å². The second-order valence-electron chi connectivity index (χ2n) is 5.46. The zero-order valence-electron chi connectivity index (χ0n) is 13.8. The zero-order chi connectivity index (χ0) is 20.3.